The minimum absolute atomic E-state index is 0.160. The van der Waals surface area contributed by atoms with Crippen LogP contribution in [0.2, 0.25) is 0 Å². The van der Waals surface area contributed by atoms with Gasteiger partial charge in [0.15, 0.2) is 5.69 Å². The first-order chi connectivity index (χ1) is 10.8. The predicted molar refractivity (Wildman–Crippen MR) is 89.1 cm³/mol. The summed E-state index contributed by atoms with van der Waals surface area (Å²) in [5.74, 6) is -0.160. The molecule has 0 bridgehead atoms. The highest BCUT2D eigenvalue weighted by atomic mass is 32.1. The van der Waals surface area contributed by atoms with Gasteiger partial charge in [-0.2, -0.15) is 5.10 Å². The number of fused-ring (bicyclic) bond motifs is 2. The van der Waals surface area contributed by atoms with E-state index < -0.39 is 0 Å². The number of rotatable bonds is 3. The largest absolute Gasteiger partial charge is 0.346 e. The standard InChI is InChI=1S/C17H13N3OS/c21-17(16-13-6-1-3-7-14(13)19-20-16)18-9-11-10-22-15-8-4-2-5-12(11)15/h1-8,10H,9H2,(H,18,21)(H,19,20). The van der Waals surface area contributed by atoms with Crippen molar-refractivity contribution in [2.75, 3.05) is 0 Å². The van der Waals surface area contributed by atoms with E-state index in [0.717, 1.165) is 16.5 Å². The van der Waals surface area contributed by atoms with Gasteiger partial charge in [-0.15, -0.1) is 11.3 Å². The number of hydrogen-bond donors (Lipinski definition) is 2. The van der Waals surface area contributed by atoms with Crippen molar-refractivity contribution >= 4 is 38.2 Å². The second-order valence-electron chi connectivity index (χ2n) is 5.06. The van der Waals surface area contributed by atoms with E-state index in [1.807, 2.05) is 36.4 Å². The Balaban J connectivity index is 1.57. The molecule has 0 atom stereocenters. The summed E-state index contributed by atoms with van der Waals surface area (Å²) in [5, 5.41) is 14.1. The number of carbonyl (C=O) groups is 1. The number of aromatic amines is 1. The third-order valence-corrected chi connectivity index (χ3v) is 4.70. The van der Waals surface area contributed by atoms with Crippen LogP contribution in [0.15, 0.2) is 53.9 Å². The van der Waals surface area contributed by atoms with Gasteiger partial charge in [0.2, 0.25) is 0 Å². The highest BCUT2D eigenvalue weighted by molar-refractivity contribution is 7.17. The summed E-state index contributed by atoms with van der Waals surface area (Å²) >= 11 is 1.69. The smallest absolute Gasteiger partial charge is 0.272 e. The van der Waals surface area contributed by atoms with Crippen LogP contribution in [0.3, 0.4) is 0 Å². The number of aromatic nitrogens is 2. The number of H-pyrrole nitrogens is 1. The van der Waals surface area contributed by atoms with Crippen LogP contribution in [0.5, 0.6) is 0 Å². The van der Waals surface area contributed by atoms with Crippen molar-refractivity contribution in [1.82, 2.24) is 15.5 Å². The van der Waals surface area contributed by atoms with E-state index in [9.17, 15) is 4.79 Å². The summed E-state index contributed by atoms with van der Waals surface area (Å²) in [6.45, 7) is 0.504. The first kappa shape index (κ1) is 13.0. The van der Waals surface area contributed by atoms with Crippen LogP contribution < -0.4 is 5.32 Å². The molecule has 0 radical (unpaired) electrons. The first-order valence-corrected chi connectivity index (χ1v) is 7.87. The van der Waals surface area contributed by atoms with E-state index in [4.69, 9.17) is 0 Å². The molecule has 1 amide bonds. The Morgan fingerprint density at radius 3 is 2.77 bits per heavy atom. The molecular weight excluding hydrogens is 294 g/mol. The number of thiophene rings is 1. The van der Waals surface area contributed by atoms with Crippen molar-refractivity contribution in [1.29, 1.82) is 0 Å². The zero-order valence-corrected chi connectivity index (χ0v) is 12.5. The van der Waals surface area contributed by atoms with Crippen LogP contribution in [0.4, 0.5) is 0 Å². The zero-order chi connectivity index (χ0) is 14.9. The van der Waals surface area contributed by atoms with Gasteiger partial charge < -0.3 is 5.32 Å². The second kappa shape index (κ2) is 5.27. The van der Waals surface area contributed by atoms with E-state index in [1.165, 1.54) is 10.1 Å². The molecule has 0 saturated heterocycles. The minimum atomic E-state index is -0.160. The fraction of sp³-hybridized carbons (Fsp3) is 0.0588. The van der Waals surface area contributed by atoms with E-state index >= 15 is 0 Å². The van der Waals surface area contributed by atoms with Gasteiger partial charge in [0.25, 0.3) is 5.91 Å². The molecule has 0 aliphatic rings. The van der Waals surface area contributed by atoms with Crippen molar-refractivity contribution in [3.63, 3.8) is 0 Å². The molecule has 0 saturated carbocycles. The molecule has 2 N–H and O–H groups in total. The lowest BCUT2D eigenvalue weighted by molar-refractivity contribution is 0.0947. The van der Waals surface area contributed by atoms with Crippen LogP contribution in [-0.4, -0.2) is 16.1 Å². The predicted octanol–water partition coefficient (Wildman–Crippen LogP) is 3.71. The molecule has 4 nitrogen and oxygen atoms in total. The summed E-state index contributed by atoms with van der Waals surface area (Å²) in [5.41, 5.74) is 2.44. The number of nitrogens with zero attached hydrogens (tertiary/aromatic N) is 1. The summed E-state index contributed by atoms with van der Waals surface area (Å²) in [6, 6.07) is 15.8. The Morgan fingerprint density at radius 1 is 1.09 bits per heavy atom. The SMILES string of the molecule is O=C(NCc1csc2ccccc12)c1n[nH]c2ccccc12. The lowest BCUT2D eigenvalue weighted by Gasteiger charge is -2.03. The monoisotopic (exact) mass is 307 g/mol. The molecule has 2 aromatic carbocycles. The zero-order valence-electron chi connectivity index (χ0n) is 11.7. The fourth-order valence-electron chi connectivity index (χ4n) is 2.57. The molecule has 108 valence electrons. The van der Waals surface area contributed by atoms with Crippen molar-refractivity contribution in [2.45, 2.75) is 6.54 Å². The number of amides is 1. The lowest BCUT2D eigenvalue weighted by Crippen LogP contribution is -2.23. The van der Waals surface area contributed by atoms with Crippen LogP contribution in [0.1, 0.15) is 16.1 Å². The van der Waals surface area contributed by atoms with Crippen LogP contribution in [0, 0.1) is 0 Å². The average Bonchev–Trinajstić information content (AvgIpc) is 3.17. The minimum Gasteiger partial charge on any atom is -0.346 e. The Kier molecular flexibility index (Phi) is 3.12. The number of benzene rings is 2. The molecular formula is C17H13N3OS. The lowest BCUT2D eigenvalue weighted by atomic mass is 10.1. The Morgan fingerprint density at radius 2 is 1.86 bits per heavy atom. The summed E-state index contributed by atoms with van der Waals surface area (Å²) < 4.78 is 1.23. The van der Waals surface area contributed by atoms with Gasteiger partial charge in [-0.05, 0) is 28.5 Å². The summed E-state index contributed by atoms with van der Waals surface area (Å²) in [4.78, 5) is 12.4. The van der Waals surface area contributed by atoms with Gasteiger partial charge in [-0.1, -0.05) is 36.4 Å². The van der Waals surface area contributed by atoms with Crippen molar-refractivity contribution in [2.24, 2.45) is 0 Å². The Hall–Kier alpha value is -2.66. The van der Waals surface area contributed by atoms with Crippen LogP contribution in [0.25, 0.3) is 21.0 Å². The molecule has 5 heteroatoms. The maximum absolute atomic E-state index is 12.4. The van der Waals surface area contributed by atoms with E-state index in [-0.39, 0.29) is 5.91 Å². The molecule has 4 aromatic rings. The molecule has 2 aromatic heterocycles. The Labute approximate surface area is 130 Å². The topological polar surface area (TPSA) is 57.8 Å². The number of nitrogens with one attached hydrogen (secondary N) is 2. The van der Waals surface area contributed by atoms with Crippen LogP contribution in [-0.2, 0) is 6.54 Å². The summed E-state index contributed by atoms with van der Waals surface area (Å²) in [7, 11) is 0. The van der Waals surface area contributed by atoms with E-state index in [0.29, 0.717) is 12.2 Å². The molecule has 0 aliphatic heterocycles. The Bertz CT molecular complexity index is 970. The molecule has 2 heterocycles. The first-order valence-electron chi connectivity index (χ1n) is 6.99. The van der Waals surface area contributed by atoms with E-state index in [1.54, 1.807) is 11.3 Å². The maximum atomic E-state index is 12.4. The number of hydrogen-bond acceptors (Lipinski definition) is 3. The molecule has 4 rings (SSSR count). The van der Waals surface area contributed by atoms with Crippen molar-refractivity contribution in [3.05, 3.63) is 65.2 Å². The van der Waals surface area contributed by atoms with Gasteiger partial charge in [0, 0.05) is 16.6 Å². The summed E-state index contributed by atoms with van der Waals surface area (Å²) in [6.07, 6.45) is 0. The molecule has 0 spiro atoms. The fourth-order valence-corrected chi connectivity index (χ4v) is 3.53. The van der Waals surface area contributed by atoms with Gasteiger partial charge in [-0.3, -0.25) is 9.89 Å². The van der Waals surface area contributed by atoms with Gasteiger partial charge in [0.05, 0.1) is 5.52 Å². The third kappa shape index (κ3) is 2.16. The van der Waals surface area contributed by atoms with Crippen LogP contribution >= 0.6 is 11.3 Å². The quantitative estimate of drug-likeness (QED) is 0.606. The number of carbonyl (C=O) groups excluding carboxylic acids is 1. The number of para-hydroxylation sites is 1. The molecule has 22 heavy (non-hydrogen) atoms. The van der Waals surface area contributed by atoms with Gasteiger partial charge in [0.1, 0.15) is 0 Å². The molecule has 0 unspecified atom stereocenters. The van der Waals surface area contributed by atoms with Gasteiger partial charge >= 0.3 is 0 Å². The van der Waals surface area contributed by atoms with Crippen molar-refractivity contribution < 1.29 is 4.79 Å². The highest BCUT2D eigenvalue weighted by Crippen LogP contribution is 2.25. The van der Waals surface area contributed by atoms with Gasteiger partial charge in [-0.25, -0.2) is 0 Å². The van der Waals surface area contributed by atoms with E-state index in [2.05, 4.69) is 33.0 Å². The highest BCUT2D eigenvalue weighted by Gasteiger charge is 2.14. The van der Waals surface area contributed by atoms with Crippen molar-refractivity contribution in [3.8, 4) is 0 Å². The average molecular weight is 307 g/mol. The molecule has 0 fully saturated rings. The molecule has 0 aliphatic carbocycles. The maximum Gasteiger partial charge on any atom is 0.272 e. The third-order valence-electron chi connectivity index (χ3n) is 3.69. The normalized spacial score (nSPS) is 11.1. The second-order valence-corrected chi connectivity index (χ2v) is 5.97.